The van der Waals surface area contributed by atoms with Gasteiger partial charge in [0, 0.05) is 25.8 Å². The number of sulfonamides is 1. The zero-order valence-corrected chi connectivity index (χ0v) is 23.7. The molecule has 6 heterocycles. The Bertz CT molecular complexity index is 1560. The van der Waals surface area contributed by atoms with E-state index in [2.05, 4.69) is 36.6 Å². The predicted octanol–water partition coefficient (Wildman–Crippen LogP) is 3.25. The van der Waals surface area contributed by atoms with Gasteiger partial charge in [-0.25, -0.2) is 18.4 Å². The van der Waals surface area contributed by atoms with Crippen LogP contribution >= 0.6 is 0 Å². The van der Waals surface area contributed by atoms with Crippen molar-refractivity contribution < 1.29 is 22.3 Å². The molecule has 1 unspecified atom stereocenters. The molecule has 2 saturated heterocycles. The molecule has 1 N–H and O–H groups in total. The zero-order chi connectivity index (χ0) is 28.0. The molecule has 1 aliphatic carbocycles. The summed E-state index contributed by atoms with van der Waals surface area (Å²) in [5.74, 6) is 1.20. The molecule has 1 saturated carbocycles. The Morgan fingerprint density at radius 1 is 1.05 bits per heavy atom. The molecule has 5 aliphatic rings. The van der Waals surface area contributed by atoms with Crippen molar-refractivity contribution in [2.75, 3.05) is 53.9 Å². The second kappa shape index (κ2) is 10.4. The Labute approximate surface area is 238 Å². The van der Waals surface area contributed by atoms with Gasteiger partial charge in [-0.3, -0.25) is 4.72 Å². The maximum Gasteiger partial charge on any atom is 0.266 e. The number of nitrogens with zero attached hydrogens (tertiary/aromatic N) is 6. The number of ether oxygens (including phenoxy) is 2. The Morgan fingerprint density at radius 2 is 1.88 bits per heavy atom. The molecule has 2 aromatic heterocycles. The normalized spacial score (nSPS) is 25.5. The minimum Gasteiger partial charge on any atom is -0.415 e. The van der Waals surface area contributed by atoms with Crippen LogP contribution < -0.4 is 14.5 Å². The van der Waals surface area contributed by atoms with Crippen molar-refractivity contribution in [2.45, 2.75) is 49.6 Å². The van der Waals surface area contributed by atoms with Crippen LogP contribution in [0.15, 0.2) is 47.0 Å². The summed E-state index contributed by atoms with van der Waals surface area (Å²) in [7, 11) is -3.41. The van der Waals surface area contributed by atoms with Gasteiger partial charge in [0.1, 0.15) is 5.69 Å². The fourth-order valence-corrected chi connectivity index (χ4v) is 6.89. The molecule has 3 aromatic rings. The van der Waals surface area contributed by atoms with Gasteiger partial charge >= 0.3 is 0 Å². The van der Waals surface area contributed by atoms with Crippen molar-refractivity contribution in [3.05, 3.63) is 42.6 Å². The summed E-state index contributed by atoms with van der Waals surface area (Å²) < 4.78 is 46.6. The average Bonchev–Trinajstić information content (AvgIpc) is 3.74. The molecule has 13 heteroatoms. The van der Waals surface area contributed by atoms with Crippen molar-refractivity contribution >= 4 is 27.3 Å². The minimum atomic E-state index is -3.41. The van der Waals surface area contributed by atoms with Crippen LogP contribution in [0.1, 0.15) is 32.6 Å². The van der Waals surface area contributed by atoms with Crippen molar-refractivity contribution in [3.8, 4) is 23.0 Å². The molecule has 1 aromatic carbocycles. The lowest BCUT2D eigenvalue weighted by molar-refractivity contribution is -0.0339. The molecule has 4 aliphatic heterocycles. The van der Waals surface area contributed by atoms with Crippen LogP contribution in [0.5, 0.6) is 0 Å². The summed E-state index contributed by atoms with van der Waals surface area (Å²) >= 11 is 0. The number of benzene rings is 1. The topological polar surface area (TPSA) is 136 Å². The number of morpholine rings is 1. The van der Waals surface area contributed by atoms with Gasteiger partial charge in [0.15, 0.2) is 0 Å². The smallest absolute Gasteiger partial charge is 0.266 e. The van der Waals surface area contributed by atoms with E-state index >= 15 is 0 Å². The van der Waals surface area contributed by atoms with Gasteiger partial charge in [0.25, 0.3) is 5.89 Å². The number of aromatic nitrogens is 4. The highest BCUT2D eigenvalue weighted by atomic mass is 32.2. The lowest BCUT2D eigenvalue weighted by Crippen LogP contribution is -2.44. The Hall–Kier alpha value is -3.55. The van der Waals surface area contributed by atoms with Gasteiger partial charge in [-0.15, -0.1) is 10.2 Å². The highest BCUT2D eigenvalue weighted by Crippen LogP contribution is 2.38. The van der Waals surface area contributed by atoms with Crippen molar-refractivity contribution in [1.82, 2.24) is 20.2 Å². The Morgan fingerprint density at radius 3 is 2.71 bits per heavy atom. The highest BCUT2D eigenvalue weighted by Gasteiger charge is 2.36. The zero-order valence-electron chi connectivity index (χ0n) is 22.9. The summed E-state index contributed by atoms with van der Waals surface area (Å²) in [4.78, 5) is 13.5. The van der Waals surface area contributed by atoms with Crippen LogP contribution in [0, 0.1) is 0 Å². The molecule has 0 spiro atoms. The number of hydrogen-bond donors (Lipinski definition) is 1. The van der Waals surface area contributed by atoms with Crippen LogP contribution in [-0.2, 0) is 19.5 Å². The lowest BCUT2D eigenvalue weighted by Gasteiger charge is -2.40. The fraction of sp³-hybridized carbons (Fsp3) is 0.500. The van der Waals surface area contributed by atoms with Gasteiger partial charge < -0.3 is 23.7 Å². The van der Waals surface area contributed by atoms with E-state index in [1.165, 1.54) is 0 Å². The first-order valence-electron chi connectivity index (χ1n) is 14.1. The number of nitrogens with one attached hydrogen (secondary N) is 1. The average molecular weight is 580 g/mol. The molecule has 1 atom stereocenters. The summed E-state index contributed by atoms with van der Waals surface area (Å²) in [6, 6.07) is 7.21. The number of fused-ring (bicyclic) bond motifs is 4. The fourth-order valence-electron chi connectivity index (χ4n) is 5.51. The molecule has 0 radical (unpaired) electrons. The van der Waals surface area contributed by atoms with Crippen molar-refractivity contribution in [3.63, 3.8) is 0 Å². The van der Waals surface area contributed by atoms with E-state index in [9.17, 15) is 8.42 Å². The first-order chi connectivity index (χ1) is 19.9. The first-order valence-corrected chi connectivity index (χ1v) is 15.7. The second-order valence-corrected chi connectivity index (χ2v) is 13.2. The van der Waals surface area contributed by atoms with Gasteiger partial charge in [0.2, 0.25) is 21.9 Å². The number of rotatable bonds is 3. The van der Waals surface area contributed by atoms with E-state index in [4.69, 9.17) is 18.9 Å². The SMILES string of the molecule is CC12CCN(CC1)c1cc(NS(=O)(=O)C3CC3)ccc1-c1nnc(o1)-c1ccnc(n1)N1CCOC(/C=C\CO2)C1. The second-order valence-electron chi connectivity index (χ2n) is 11.3. The summed E-state index contributed by atoms with van der Waals surface area (Å²) in [5.41, 5.74) is 2.33. The van der Waals surface area contributed by atoms with Crippen LogP contribution in [-0.4, -0.2) is 84.9 Å². The third kappa shape index (κ3) is 5.53. The van der Waals surface area contributed by atoms with Crippen LogP contribution in [0.25, 0.3) is 23.0 Å². The van der Waals surface area contributed by atoms with Crippen LogP contribution in [0.2, 0.25) is 0 Å². The summed E-state index contributed by atoms with van der Waals surface area (Å²) in [5, 5.41) is 8.37. The molecule has 3 fully saturated rings. The Kier molecular flexibility index (Phi) is 6.67. The molecule has 41 heavy (non-hydrogen) atoms. The third-order valence-electron chi connectivity index (χ3n) is 8.16. The minimum absolute atomic E-state index is 0.0904. The van der Waals surface area contributed by atoms with Crippen molar-refractivity contribution in [2.24, 2.45) is 0 Å². The summed E-state index contributed by atoms with van der Waals surface area (Å²) in [6.07, 6.45) is 8.69. The molecular formula is C28H33N7O5S. The van der Waals surface area contributed by atoms with Gasteiger partial charge in [0.05, 0.1) is 53.7 Å². The third-order valence-corrected chi connectivity index (χ3v) is 10.0. The van der Waals surface area contributed by atoms with E-state index in [0.717, 1.165) is 37.2 Å². The van der Waals surface area contributed by atoms with E-state index in [1.807, 2.05) is 24.3 Å². The molecule has 216 valence electrons. The standard InChI is InChI=1S/C28H33N7O5S/c1-28-9-12-34(13-10-28)24-17-19(33-41(36,37)21-5-6-21)4-7-22(24)25-31-32-26(40-25)23-8-11-29-27(30-23)35-14-16-38-20(18-35)3-2-15-39-28/h2-4,7-8,11,17,20-21,33H,5-6,9-10,12-16,18H2,1H3/b3-2-. The highest BCUT2D eigenvalue weighted by molar-refractivity contribution is 7.93. The largest absolute Gasteiger partial charge is 0.415 e. The molecule has 0 amide bonds. The first kappa shape index (κ1) is 26.4. The maximum atomic E-state index is 12.7. The summed E-state index contributed by atoms with van der Waals surface area (Å²) in [6.45, 7) is 5.96. The molecule has 8 rings (SSSR count). The lowest BCUT2D eigenvalue weighted by atomic mass is 9.92. The van der Waals surface area contributed by atoms with E-state index < -0.39 is 10.0 Å². The number of hydrogen-bond acceptors (Lipinski definition) is 11. The van der Waals surface area contributed by atoms with Crippen molar-refractivity contribution in [1.29, 1.82) is 0 Å². The van der Waals surface area contributed by atoms with E-state index in [-0.39, 0.29) is 22.8 Å². The van der Waals surface area contributed by atoms with Crippen LogP contribution in [0.4, 0.5) is 17.3 Å². The quantitative estimate of drug-likeness (QED) is 0.458. The van der Waals surface area contributed by atoms with Crippen LogP contribution in [0.3, 0.4) is 0 Å². The van der Waals surface area contributed by atoms with Gasteiger partial charge in [-0.1, -0.05) is 12.2 Å². The molecule has 12 nitrogen and oxygen atoms in total. The Balaban J connectivity index is 1.27. The maximum absolute atomic E-state index is 12.7. The molecular weight excluding hydrogens is 546 g/mol. The monoisotopic (exact) mass is 579 g/mol. The number of piperidine rings is 1. The van der Waals surface area contributed by atoms with E-state index in [1.54, 1.807) is 18.3 Å². The van der Waals surface area contributed by atoms with E-state index in [0.29, 0.717) is 62.4 Å². The van der Waals surface area contributed by atoms with Gasteiger partial charge in [-0.05, 0) is 56.9 Å². The molecule has 8 bridgehead atoms. The predicted molar refractivity (Wildman–Crippen MR) is 153 cm³/mol. The number of anilines is 3. The van der Waals surface area contributed by atoms with Gasteiger partial charge in [-0.2, -0.15) is 0 Å².